The zero-order valence-corrected chi connectivity index (χ0v) is 14.4. The summed E-state index contributed by atoms with van der Waals surface area (Å²) in [6, 6.07) is 5.29. The molecule has 2 amide bonds. The molecule has 2 aromatic rings. The summed E-state index contributed by atoms with van der Waals surface area (Å²) in [5.74, 6) is -2.13. The molecule has 28 heavy (non-hydrogen) atoms. The van der Waals surface area contributed by atoms with E-state index in [0.29, 0.717) is 24.6 Å². The Morgan fingerprint density at radius 3 is 2.43 bits per heavy atom. The van der Waals surface area contributed by atoms with Gasteiger partial charge in [0.15, 0.2) is 0 Å². The Balaban J connectivity index is 1.66. The van der Waals surface area contributed by atoms with Gasteiger partial charge in [-0.1, -0.05) is 0 Å². The molecule has 3 rings (SSSR count). The molecular weight excluding hydrogens is 380 g/mol. The van der Waals surface area contributed by atoms with Crippen LogP contribution in [0.1, 0.15) is 24.1 Å². The molecule has 0 atom stereocenters. The number of halogens is 4. The van der Waals surface area contributed by atoms with Gasteiger partial charge in [-0.05, 0) is 43.2 Å². The number of rotatable bonds is 6. The number of aromatic nitrogens is 1. The van der Waals surface area contributed by atoms with E-state index in [1.165, 1.54) is 18.3 Å². The number of carbonyl (C=O) groups excluding carboxylic acids is 2. The van der Waals surface area contributed by atoms with E-state index >= 15 is 0 Å². The van der Waals surface area contributed by atoms with Crippen LogP contribution in [0.2, 0.25) is 0 Å². The normalized spacial score (nSPS) is 15.0. The van der Waals surface area contributed by atoms with Crippen molar-refractivity contribution >= 4 is 23.2 Å². The Labute approximate surface area is 157 Å². The lowest BCUT2D eigenvalue weighted by Gasteiger charge is -2.15. The van der Waals surface area contributed by atoms with Gasteiger partial charge in [-0.15, -0.1) is 0 Å². The molecule has 0 unspecified atom stereocenters. The second-order valence-electron chi connectivity index (χ2n) is 6.48. The standard InChI is InChI=1S/C18H16F4N4O2/c19-10-1-4-14(13(7-10)18(20,21)22)26-12-3-2-11(24-9-12)8-25-16(28)17(5-6-17)15(23)27/h1-4,7,9,26H,5-6,8H2,(H2,23,27)(H,25,28). The Bertz CT molecular complexity index is 909. The number of anilines is 2. The minimum atomic E-state index is -4.72. The van der Waals surface area contributed by atoms with Gasteiger partial charge >= 0.3 is 6.18 Å². The highest BCUT2D eigenvalue weighted by Crippen LogP contribution is 2.45. The number of hydrogen-bond acceptors (Lipinski definition) is 4. The van der Waals surface area contributed by atoms with E-state index < -0.39 is 34.8 Å². The summed E-state index contributed by atoms with van der Waals surface area (Å²) in [6.07, 6.45) is -2.62. The number of nitrogens with two attached hydrogens (primary N) is 1. The molecule has 0 spiro atoms. The van der Waals surface area contributed by atoms with Crippen molar-refractivity contribution in [2.45, 2.75) is 25.6 Å². The van der Waals surface area contributed by atoms with E-state index in [4.69, 9.17) is 5.73 Å². The van der Waals surface area contributed by atoms with Crippen molar-refractivity contribution < 1.29 is 27.2 Å². The van der Waals surface area contributed by atoms with Crippen LogP contribution in [0.3, 0.4) is 0 Å². The molecule has 0 saturated heterocycles. The predicted octanol–water partition coefficient (Wildman–Crippen LogP) is 2.86. The van der Waals surface area contributed by atoms with Gasteiger partial charge in [0.05, 0.1) is 35.4 Å². The molecule has 0 bridgehead atoms. The number of hydrogen-bond donors (Lipinski definition) is 3. The summed E-state index contributed by atoms with van der Waals surface area (Å²) in [5.41, 5.74) is 3.33. The molecule has 1 heterocycles. The van der Waals surface area contributed by atoms with Gasteiger partial charge in [0.25, 0.3) is 0 Å². The number of nitrogens with one attached hydrogen (secondary N) is 2. The summed E-state index contributed by atoms with van der Waals surface area (Å²) in [4.78, 5) is 27.4. The van der Waals surface area contributed by atoms with E-state index in [2.05, 4.69) is 15.6 Å². The van der Waals surface area contributed by atoms with E-state index in [9.17, 15) is 27.2 Å². The van der Waals surface area contributed by atoms with Crippen LogP contribution in [0.25, 0.3) is 0 Å². The third-order valence-electron chi connectivity index (χ3n) is 4.48. The highest BCUT2D eigenvalue weighted by atomic mass is 19.4. The first-order valence-electron chi connectivity index (χ1n) is 8.29. The predicted molar refractivity (Wildman–Crippen MR) is 91.6 cm³/mol. The van der Waals surface area contributed by atoms with Gasteiger partial charge in [0.2, 0.25) is 11.8 Å². The third kappa shape index (κ3) is 4.05. The summed E-state index contributed by atoms with van der Waals surface area (Å²) < 4.78 is 52.3. The second kappa shape index (κ2) is 7.10. The molecule has 4 N–H and O–H groups in total. The number of benzene rings is 1. The first kappa shape index (κ1) is 19.6. The smallest absolute Gasteiger partial charge is 0.369 e. The fraction of sp³-hybridized carbons (Fsp3) is 0.278. The number of primary amides is 1. The maximum absolute atomic E-state index is 13.2. The van der Waals surface area contributed by atoms with Crippen molar-refractivity contribution in [2.75, 3.05) is 5.32 Å². The zero-order chi connectivity index (χ0) is 20.5. The highest BCUT2D eigenvalue weighted by Gasteiger charge is 2.55. The van der Waals surface area contributed by atoms with Crippen molar-refractivity contribution in [3.8, 4) is 0 Å². The summed E-state index contributed by atoms with van der Waals surface area (Å²) >= 11 is 0. The number of nitrogens with zero attached hydrogens (tertiary/aromatic N) is 1. The molecule has 0 radical (unpaired) electrons. The van der Waals surface area contributed by atoms with Crippen molar-refractivity contribution in [1.82, 2.24) is 10.3 Å². The average molecular weight is 396 g/mol. The van der Waals surface area contributed by atoms with Crippen LogP contribution in [0.5, 0.6) is 0 Å². The van der Waals surface area contributed by atoms with Crippen LogP contribution in [0.4, 0.5) is 28.9 Å². The monoisotopic (exact) mass is 396 g/mol. The van der Waals surface area contributed by atoms with Crippen LogP contribution in [0, 0.1) is 11.2 Å². The molecule has 10 heteroatoms. The van der Waals surface area contributed by atoms with Crippen LogP contribution < -0.4 is 16.4 Å². The number of carbonyl (C=O) groups is 2. The fourth-order valence-electron chi connectivity index (χ4n) is 2.67. The first-order valence-corrected chi connectivity index (χ1v) is 8.29. The summed E-state index contributed by atoms with van der Waals surface area (Å²) in [6.45, 7) is 0.0402. The lowest BCUT2D eigenvalue weighted by molar-refractivity contribution is -0.137. The molecule has 1 aliphatic carbocycles. The number of amides is 2. The fourth-order valence-corrected chi connectivity index (χ4v) is 2.67. The topological polar surface area (TPSA) is 97.1 Å². The lowest BCUT2D eigenvalue weighted by atomic mass is 10.1. The second-order valence-corrected chi connectivity index (χ2v) is 6.48. The molecule has 1 saturated carbocycles. The molecule has 0 aliphatic heterocycles. The van der Waals surface area contributed by atoms with E-state index in [1.54, 1.807) is 0 Å². The van der Waals surface area contributed by atoms with Gasteiger partial charge < -0.3 is 16.4 Å². The SMILES string of the molecule is NC(=O)C1(C(=O)NCc2ccc(Nc3ccc(F)cc3C(F)(F)F)cn2)CC1. The van der Waals surface area contributed by atoms with Crippen molar-refractivity contribution in [3.63, 3.8) is 0 Å². The number of alkyl halides is 3. The van der Waals surface area contributed by atoms with Crippen LogP contribution in [-0.2, 0) is 22.3 Å². The molecule has 1 aromatic heterocycles. The highest BCUT2D eigenvalue weighted by molar-refractivity contribution is 6.07. The van der Waals surface area contributed by atoms with E-state index in [0.717, 1.165) is 12.1 Å². The molecular formula is C18H16F4N4O2. The van der Waals surface area contributed by atoms with Gasteiger partial charge in [0.1, 0.15) is 11.2 Å². The first-order chi connectivity index (χ1) is 13.1. The van der Waals surface area contributed by atoms with Gasteiger partial charge in [-0.25, -0.2) is 4.39 Å². The average Bonchev–Trinajstić information content (AvgIpc) is 3.43. The summed E-state index contributed by atoms with van der Waals surface area (Å²) in [7, 11) is 0. The van der Waals surface area contributed by atoms with Crippen molar-refractivity contribution in [3.05, 3.63) is 53.6 Å². The Hall–Kier alpha value is -3.17. The molecule has 1 aliphatic rings. The van der Waals surface area contributed by atoms with Gasteiger partial charge in [0, 0.05) is 0 Å². The lowest BCUT2D eigenvalue weighted by Crippen LogP contribution is -2.40. The Kier molecular flexibility index (Phi) is 4.97. The van der Waals surface area contributed by atoms with Crippen molar-refractivity contribution in [1.29, 1.82) is 0 Å². The van der Waals surface area contributed by atoms with E-state index in [1.807, 2.05) is 0 Å². The zero-order valence-electron chi connectivity index (χ0n) is 14.4. The Morgan fingerprint density at radius 2 is 1.89 bits per heavy atom. The van der Waals surface area contributed by atoms with Crippen LogP contribution in [-0.4, -0.2) is 16.8 Å². The van der Waals surface area contributed by atoms with Crippen molar-refractivity contribution in [2.24, 2.45) is 11.1 Å². The minimum Gasteiger partial charge on any atom is -0.369 e. The molecule has 1 aromatic carbocycles. The van der Waals surface area contributed by atoms with Gasteiger partial charge in [-0.3, -0.25) is 14.6 Å². The third-order valence-corrected chi connectivity index (χ3v) is 4.48. The van der Waals surface area contributed by atoms with E-state index in [-0.39, 0.29) is 17.9 Å². The largest absolute Gasteiger partial charge is 0.418 e. The molecule has 148 valence electrons. The maximum atomic E-state index is 13.2. The summed E-state index contributed by atoms with van der Waals surface area (Å²) in [5, 5.41) is 5.12. The van der Waals surface area contributed by atoms with Gasteiger partial charge in [-0.2, -0.15) is 13.2 Å². The van der Waals surface area contributed by atoms with Crippen LogP contribution >= 0.6 is 0 Å². The maximum Gasteiger partial charge on any atom is 0.418 e. The molecule has 1 fully saturated rings. The molecule has 6 nitrogen and oxygen atoms in total. The number of pyridine rings is 1. The van der Waals surface area contributed by atoms with Crippen LogP contribution in [0.15, 0.2) is 36.5 Å². The minimum absolute atomic E-state index is 0.0402. The Morgan fingerprint density at radius 1 is 1.18 bits per heavy atom. The quantitative estimate of drug-likeness (QED) is 0.517.